The van der Waals surface area contributed by atoms with Crippen molar-refractivity contribution in [3.05, 3.63) is 69.7 Å². The normalized spacial score (nSPS) is 12.4. The van der Waals surface area contributed by atoms with Crippen molar-refractivity contribution in [1.29, 1.82) is 0 Å². The van der Waals surface area contributed by atoms with E-state index in [9.17, 15) is 0 Å². The zero-order valence-electron chi connectivity index (χ0n) is 10.8. The molecule has 0 N–H and O–H groups in total. The molecule has 2 rings (SSSR count). The Kier molecular flexibility index (Phi) is 5.85. The van der Waals surface area contributed by atoms with Crippen LogP contribution in [0.2, 0.25) is 0 Å². The fourth-order valence-corrected chi connectivity index (χ4v) is 3.10. The number of rotatable bonds is 5. The number of alkyl halides is 1. The summed E-state index contributed by atoms with van der Waals surface area (Å²) in [5.41, 5.74) is 3.76. The van der Waals surface area contributed by atoms with Gasteiger partial charge in [-0.2, -0.15) is 0 Å². The molecule has 0 saturated carbocycles. The summed E-state index contributed by atoms with van der Waals surface area (Å²) in [5, 5.41) is 0. The summed E-state index contributed by atoms with van der Waals surface area (Å²) in [5.74, 6) is 0. The van der Waals surface area contributed by atoms with Crippen LogP contribution in [0.3, 0.4) is 0 Å². The molecule has 3 heteroatoms. The molecule has 0 fully saturated rings. The third-order valence-corrected chi connectivity index (χ3v) is 4.65. The van der Waals surface area contributed by atoms with Crippen molar-refractivity contribution in [2.75, 3.05) is 4.43 Å². The van der Waals surface area contributed by atoms with Crippen molar-refractivity contribution >= 4 is 38.5 Å². The predicted octanol–water partition coefficient (Wildman–Crippen LogP) is 5.45. The average Bonchev–Trinajstić information content (AvgIpc) is 2.43. The van der Waals surface area contributed by atoms with Crippen LogP contribution in [-0.4, -0.2) is 4.43 Å². The molecule has 0 bridgehead atoms. The van der Waals surface area contributed by atoms with Gasteiger partial charge in [0, 0.05) is 8.90 Å². The van der Waals surface area contributed by atoms with Crippen molar-refractivity contribution in [3.63, 3.8) is 0 Å². The standard InChI is InChI=1S/C16H16BrIO/c1-12-6-2-4-8-14(12)16(10-18)19-11-13-7-3-5-9-15(13)17/h2-9,16H,10-11H2,1H3. The summed E-state index contributed by atoms with van der Waals surface area (Å²) in [6, 6.07) is 16.6. The van der Waals surface area contributed by atoms with Crippen LogP contribution < -0.4 is 0 Å². The fourth-order valence-electron chi connectivity index (χ4n) is 1.97. The molecule has 0 saturated heterocycles. The van der Waals surface area contributed by atoms with Gasteiger partial charge in [0.1, 0.15) is 0 Å². The first-order valence-electron chi connectivity index (χ1n) is 6.19. The first-order valence-corrected chi connectivity index (χ1v) is 8.50. The van der Waals surface area contributed by atoms with Crippen LogP contribution in [-0.2, 0) is 11.3 Å². The monoisotopic (exact) mass is 430 g/mol. The second kappa shape index (κ2) is 7.41. The lowest BCUT2D eigenvalue weighted by Gasteiger charge is -2.18. The minimum absolute atomic E-state index is 0.147. The zero-order chi connectivity index (χ0) is 13.7. The summed E-state index contributed by atoms with van der Waals surface area (Å²) < 4.78 is 8.14. The summed E-state index contributed by atoms with van der Waals surface area (Å²) in [6.45, 7) is 2.76. The maximum Gasteiger partial charge on any atom is 0.0921 e. The van der Waals surface area contributed by atoms with Crippen molar-refractivity contribution in [2.24, 2.45) is 0 Å². The minimum Gasteiger partial charge on any atom is -0.368 e. The third-order valence-electron chi connectivity index (χ3n) is 3.07. The molecular formula is C16H16BrIO. The molecule has 0 aliphatic carbocycles. The highest BCUT2D eigenvalue weighted by atomic mass is 127. The zero-order valence-corrected chi connectivity index (χ0v) is 14.5. The first-order chi connectivity index (χ1) is 9.22. The van der Waals surface area contributed by atoms with Crippen molar-refractivity contribution in [2.45, 2.75) is 19.6 Å². The molecule has 0 amide bonds. The second-order valence-electron chi connectivity index (χ2n) is 4.40. The van der Waals surface area contributed by atoms with Crippen LogP contribution in [0.1, 0.15) is 22.8 Å². The molecule has 0 aliphatic heterocycles. The molecular weight excluding hydrogens is 415 g/mol. The van der Waals surface area contributed by atoms with Gasteiger partial charge >= 0.3 is 0 Å². The largest absolute Gasteiger partial charge is 0.368 e. The van der Waals surface area contributed by atoms with E-state index >= 15 is 0 Å². The van der Waals surface area contributed by atoms with E-state index in [-0.39, 0.29) is 6.10 Å². The molecule has 1 nitrogen and oxygen atoms in total. The highest BCUT2D eigenvalue weighted by molar-refractivity contribution is 14.1. The second-order valence-corrected chi connectivity index (χ2v) is 6.14. The van der Waals surface area contributed by atoms with Gasteiger partial charge < -0.3 is 4.74 Å². The van der Waals surface area contributed by atoms with Crippen LogP contribution in [0.25, 0.3) is 0 Å². The lowest BCUT2D eigenvalue weighted by atomic mass is 10.0. The molecule has 100 valence electrons. The van der Waals surface area contributed by atoms with E-state index in [0.29, 0.717) is 6.61 Å². The van der Waals surface area contributed by atoms with Gasteiger partial charge in [0.25, 0.3) is 0 Å². The maximum absolute atomic E-state index is 6.09. The molecule has 0 spiro atoms. The Balaban J connectivity index is 2.09. The van der Waals surface area contributed by atoms with Crippen molar-refractivity contribution in [1.82, 2.24) is 0 Å². The molecule has 1 unspecified atom stereocenters. The first kappa shape index (κ1) is 15.0. The molecule has 0 radical (unpaired) electrons. The van der Waals surface area contributed by atoms with Crippen LogP contribution in [0.5, 0.6) is 0 Å². The van der Waals surface area contributed by atoms with Crippen LogP contribution in [0, 0.1) is 6.92 Å². The quantitative estimate of drug-likeness (QED) is 0.452. The van der Waals surface area contributed by atoms with Crippen molar-refractivity contribution in [3.8, 4) is 0 Å². The number of hydrogen-bond donors (Lipinski definition) is 0. The smallest absolute Gasteiger partial charge is 0.0921 e. The van der Waals surface area contributed by atoms with Crippen molar-refractivity contribution < 1.29 is 4.74 Å². The lowest BCUT2D eigenvalue weighted by Crippen LogP contribution is -2.07. The van der Waals surface area contributed by atoms with E-state index in [2.05, 4.69) is 75.8 Å². The Hall–Kier alpha value is -0.390. The van der Waals surface area contributed by atoms with E-state index in [4.69, 9.17) is 4.74 Å². The molecule has 0 aliphatic rings. The highest BCUT2D eigenvalue weighted by Crippen LogP contribution is 2.26. The number of ether oxygens (including phenoxy) is 1. The number of halogens is 2. The van der Waals surface area contributed by atoms with Gasteiger partial charge in [-0.1, -0.05) is 81.0 Å². The van der Waals surface area contributed by atoms with Crippen LogP contribution in [0.15, 0.2) is 53.0 Å². The van der Waals surface area contributed by atoms with Gasteiger partial charge in [0.2, 0.25) is 0 Å². The Morgan fingerprint density at radius 2 is 1.79 bits per heavy atom. The average molecular weight is 431 g/mol. The van der Waals surface area contributed by atoms with Gasteiger partial charge in [-0.25, -0.2) is 0 Å². The van der Waals surface area contributed by atoms with E-state index in [0.717, 1.165) is 8.90 Å². The van der Waals surface area contributed by atoms with Gasteiger partial charge in [0.05, 0.1) is 12.7 Å². The minimum atomic E-state index is 0.147. The SMILES string of the molecule is Cc1ccccc1C(CI)OCc1ccccc1Br. The Morgan fingerprint density at radius 3 is 2.47 bits per heavy atom. The molecule has 1 atom stereocenters. The summed E-state index contributed by atoms with van der Waals surface area (Å²) in [7, 11) is 0. The van der Waals surface area contributed by atoms with Gasteiger partial charge in [-0.05, 0) is 29.7 Å². The van der Waals surface area contributed by atoms with Gasteiger partial charge in [-0.15, -0.1) is 0 Å². The molecule has 2 aromatic rings. The molecule has 19 heavy (non-hydrogen) atoms. The third kappa shape index (κ3) is 4.04. The Bertz CT molecular complexity index is 542. The highest BCUT2D eigenvalue weighted by Gasteiger charge is 2.13. The summed E-state index contributed by atoms with van der Waals surface area (Å²) in [4.78, 5) is 0. The van der Waals surface area contributed by atoms with E-state index < -0.39 is 0 Å². The topological polar surface area (TPSA) is 9.23 Å². The Morgan fingerprint density at radius 1 is 1.11 bits per heavy atom. The maximum atomic E-state index is 6.09. The fraction of sp³-hybridized carbons (Fsp3) is 0.250. The van der Waals surface area contributed by atoms with E-state index in [1.807, 2.05) is 18.2 Å². The van der Waals surface area contributed by atoms with Crippen LogP contribution in [0.4, 0.5) is 0 Å². The molecule has 2 aromatic carbocycles. The van der Waals surface area contributed by atoms with Gasteiger partial charge in [-0.3, -0.25) is 0 Å². The summed E-state index contributed by atoms with van der Waals surface area (Å²) in [6.07, 6.45) is 0.147. The van der Waals surface area contributed by atoms with E-state index in [1.165, 1.54) is 16.7 Å². The predicted molar refractivity (Wildman–Crippen MR) is 91.7 cm³/mol. The lowest BCUT2D eigenvalue weighted by molar-refractivity contribution is 0.0570. The molecule has 0 heterocycles. The van der Waals surface area contributed by atoms with Gasteiger partial charge in [0.15, 0.2) is 0 Å². The van der Waals surface area contributed by atoms with E-state index in [1.54, 1.807) is 0 Å². The number of hydrogen-bond acceptors (Lipinski definition) is 1. The molecule has 0 aromatic heterocycles. The number of aryl methyl sites for hydroxylation is 1. The summed E-state index contributed by atoms with van der Waals surface area (Å²) >= 11 is 5.94. The number of benzene rings is 2. The van der Waals surface area contributed by atoms with Crippen LogP contribution >= 0.6 is 38.5 Å². The Labute approximate surface area is 136 Å².